The summed E-state index contributed by atoms with van der Waals surface area (Å²) < 4.78 is 0. The van der Waals surface area contributed by atoms with Crippen molar-refractivity contribution in [1.82, 2.24) is 0 Å². The molecule has 0 aromatic carbocycles. The van der Waals surface area contributed by atoms with E-state index in [2.05, 4.69) is 19.1 Å². The van der Waals surface area contributed by atoms with Gasteiger partial charge >= 0.3 is 0 Å². The lowest BCUT2D eigenvalue weighted by molar-refractivity contribution is 0.683. The Balaban J connectivity index is 4.18. The molecule has 0 aliphatic carbocycles. The van der Waals surface area contributed by atoms with Gasteiger partial charge in [0.25, 0.3) is 0 Å². The molecule has 0 saturated carbocycles. The zero-order valence-electron chi connectivity index (χ0n) is 8.96. The highest BCUT2D eigenvalue weighted by Crippen LogP contribution is 2.07. The van der Waals surface area contributed by atoms with Crippen molar-refractivity contribution in [2.24, 2.45) is 5.73 Å². The van der Waals surface area contributed by atoms with Gasteiger partial charge in [0.15, 0.2) is 0 Å². The Morgan fingerprint density at radius 3 is 2.46 bits per heavy atom. The van der Waals surface area contributed by atoms with Crippen LogP contribution < -0.4 is 5.73 Å². The quantitative estimate of drug-likeness (QED) is 0.644. The molecule has 1 heteroatoms. The van der Waals surface area contributed by atoms with Gasteiger partial charge in [0.1, 0.15) is 0 Å². The van der Waals surface area contributed by atoms with Gasteiger partial charge in [-0.25, -0.2) is 0 Å². The Kier molecular flexibility index (Phi) is 7.32. The van der Waals surface area contributed by atoms with Crippen LogP contribution in [0, 0.1) is 0 Å². The summed E-state index contributed by atoms with van der Waals surface area (Å²) in [6, 6.07) is 0.191. The molecule has 0 fully saturated rings. The van der Waals surface area contributed by atoms with Crippen molar-refractivity contribution < 1.29 is 0 Å². The molecule has 2 N–H and O–H groups in total. The first-order valence-corrected chi connectivity index (χ1v) is 4.97. The molecule has 13 heavy (non-hydrogen) atoms. The lowest BCUT2D eigenvalue weighted by Gasteiger charge is -2.10. The van der Waals surface area contributed by atoms with E-state index in [4.69, 9.17) is 5.73 Å². The van der Waals surface area contributed by atoms with Gasteiger partial charge in [-0.3, -0.25) is 0 Å². The summed E-state index contributed by atoms with van der Waals surface area (Å²) in [6.45, 7) is 6.19. The number of hydrogen-bond acceptors (Lipinski definition) is 1. The normalized spacial score (nSPS) is 15.8. The van der Waals surface area contributed by atoms with Crippen molar-refractivity contribution in [3.05, 3.63) is 36.0 Å². The zero-order chi connectivity index (χ0) is 10.1. The maximum Gasteiger partial charge on any atom is 0.0291 e. The second-order valence-corrected chi connectivity index (χ2v) is 3.07. The Morgan fingerprint density at radius 2 is 2.00 bits per heavy atom. The SMILES string of the molecule is C\C=C/C=C\C(=C/C)C(N)CCC. The van der Waals surface area contributed by atoms with E-state index in [0.717, 1.165) is 12.8 Å². The predicted molar refractivity (Wildman–Crippen MR) is 60.6 cm³/mol. The lowest BCUT2D eigenvalue weighted by atomic mass is 10.0. The average Bonchev–Trinajstić information content (AvgIpc) is 2.13. The molecular formula is C12H21N. The highest BCUT2D eigenvalue weighted by molar-refractivity contribution is 5.26. The number of allylic oxidation sites excluding steroid dienone is 4. The number of hydrogen-bond donors (Lipinski definition) is 1. The van der Waals surface area contributed by atoms with E-state index in [1.54, 1.807) is 0 Å². The van der Waals surface area contributed by atoms with E-state index >= 15 is 0 Å². The lowest BCUT2D eigenvalue weighted by Crippen LogP contribution is -2.21. The van der Waals surface area contributed by atoms with Gasteiger partial charge in [0.05, 0.1) is 0 Å². The molecule has 0 spiro atoms. The second-order valence-electron chi connectivity index (χ2n) is 3.07. The van der Waals surface area contributed by atoms with Gasteiger partial charge in [-0.05, 0) is 25.8 Å². The molecule has 1 nitrogen and oxygen atoms in total. The van der Waals surface area contributed by atoms with E-state index < -0.39 is 0 Å². The van der Waals surface area contributed by atoms with Crippen molar-refractivity contribution in [3.63, 3.8) is 0 Å². The first-order valence-electron chi connectivity index (χ1n) is 4.97. The summed E-state index contributed by atoms with van der Waals surface area (Å²) in [5.74, 6) is 0. The fourth-order valence-electron chi connectivity index (χ4n) is 1.19. The minimum atomic E-state index is 0.191. The van der Waals surface area contributed by atoms with E-state index in [1.807, 2.05) is 32.1 Å². The summed E-state index contributed by atoms with van der Waals surface area (Å²) in [7, 11) is 0. The third-order valence-corrected chi connectivity index (χ3v) is 1.95. The summed E-state index contributed by atoms with van der Waals surface area (Å²) in [5, 5.41) is 0. The maximum absolute atomic E-state index is 5.98. The van der Waals surface area contributed by atoms with Crippen LogP contribution in [0.4, 0.5) is 0 Å². The molecule has 0 saturated heterocycles. The van der Waals surface area contributed by atoms with E-state index in [-0.39, 0.29) is 6.04 Å². The Labute approximate surface area is 82.0 Å². The minimum absolute atomic E-state index is 0.191. The third-order valence-electron chi connectivity index (χ3n) is 1.95. The minimum Gasteiger partial charge on any atom is -0.324 e. The molecule has 0 amide bonds. The molecule has 1 atom stereocenters. The van der Waals surface area contributed by atoms with Crippen molar-refractivity contribution in [1.29, 1.82) is 0 Å². The van der Waals surface area contributed by atoms with Crippen LogP contribution in [0.1, 0.15) is 33.6 Å². The molecule has 0 heterocycles. The monoisotopic (exact) mass is 179 g/mol. The van der Waals surface area contributed by atoms with Crippen LogP contribution in [0.25, 0.3) is 0 Å². The van der Waals surface area contributed by atoms with Crippen LogP contribution in [0.15, 0.2) is 36.0 Å². The topological polar surface area (TPSA) is 26.0 Å². The van der Waals surface area contributed by atoms with Gasteiger partial charge in [0, 0.05) is 6.04 Å². The third kappa shape index (κ3) is 5.42. The molecule has 0 aliphatic heterocycles. The Bertz CT molecular complexity index is 199. The van der Waals surface area contributed by atoms with Crippen LogP contribution >= 0.6 is 0 Å². The average molecular weight is 179 g/mol. The van der Waals surface area contributed by atoms with Crippen molar-refractivity contribution in [2.75, 3.05) is 0 Å². The highest BCUT2D eigenvalue weighted by Gasteiger charge is 2.02. The summed E-state index contributed by atoms with van der Waals surface area (Å²) in [6.07, 6.45) is 12.4. The molecule has 0 aromatic rings. The van der Waals surface area contributed by atoms with E-state index in [1.165, 1.54) is 5.57 Å². The Hall–Kier alpha value is -0.820. The first-order chi connectivity index (χ1) is 6.26. The molecule has 0 rings (SSSR count). The Morgan fingerprint density at radius 1 is 1.31 bits per heavy atom. The van der Waals surface area contributed by atoms with Crippen molar-refractivity contribution >= 4 is 0 Å². The van der Waals surface area contributed by atoms with Crippen LogP contribution in [0.2, 0.25) is 0 Å². The van der Waals surface area contributed by atoms with Gasteiger partial charge in [-0.1, -0.05) is 43.7 Å². The fourth-order valence-corrected chi connectivity index (χ4v) is 1.19. The maximum atomic E-state index is 5.98. The number of rotatable bonds is 5. The molecule has 0 bridgehead atoms. The van der Waals surface area contributed by atoms with Gasteiger partial charge < -0.3 is 5.73 Å². The summed E-state index contributed by atoms with van der Waals surface area (Å²) in [5.41, 5.74) is 7.20. The largest absolute Gasteiger partial charge is 0.324 e. The second kappa shape index (κ2) is 7.81. The smallest absolute Gasteiger partial charge is 0.0291 e. The van der Waals surface area contributed by atoms with E-state index in [0.29, 0.717) is 0 Å². The summed E-state index contributed by atoms with van der Waals surface area (Å²) >= 11 is 0. The molecule has 74 valence electrons. The van der Waals surface area contributed by atoms with Crippen LogP contribution in [-0.2, 0) is 0 Å². The first kappa shape index (κ1) is 12.2. The van der Waals surface area contributed by atoms with Crippen LogP contribution in [0.3, 0.4) is 0 Å². The summed E-state index contributed by atoms with van der Waals surface area (Å²) in [4.78, 5) is 0. The van der Waals surface area contributed by atoms with Crippen molar-refractivity contribution in [3.8, 4) is 0 Å². The molecule has 0 radical (unpaired) electrons. The zero-order valence-corrected chi connectivity index (χ0v) is 8.96. The van der Waals surface area contributed by atoms with Crippen molar-refractivity contribution in [2.45, 2.75) is 39.7 Å². The molecule has 0 aromatic heterocycles. The molecule has 1 unspecified atom stereocenters. The van der Waals surface area contributed by atoms with Gasteiger partial charge in [0.2, 0.25) is 0 Å². The predicted octanol–water partition coefficient (Wildman–Crippen LogP) is 3.19. The number of nitrogens with two attached hydrogens (primary N) is 1. The highest BCUT2D eigenvalue weighted by atomic mass is 14.6. The van der Waals surface area contributed by atoms with Crippen LogP contribution in [-0.4, -0.2) is 6.04 Å². The standard InChI is InChI=1S/C12H21N/c1-4-7-8-10-11(6-3)12(13)9-5-2/h4,6-8,10,12H,5,9,13H2,1-3H3/b7-4-,10-8-,11-6+. The van der Waals surface area contributed by atoms with E-state index in [9.17, 15) is 0 Å². The van der Waals surface area contributed by atoms with Gasteiger partial charge in [-0.2, -0.15) is 0 Å². The molecular weight excluding hydrogens is 158 g/mol. The molecule has 0 aliphatic rings. The fraction of sp³-hybridized carbons (Fsp3) is 0.500. The van der Waals surface area contributed by atoms with Gasteiger partial charge in [-0.15, -0.1) is 0 Å². The van der Waals surface area contributed by atoms with Crippen LogP contribution in [0.5, 0.6) is 0 Å².